The van der Waals surface area contributed by atoms with Gasteiger partial charge in [-0.05, 0) is 83.5 Å². The summed E-state index contributed by atoms with van der Waals surface area (Å²) in [5, 5.41) is 11.5. The predicted molar refractivity (Wildman–Crippen MR) is 152 cm³/mol. The third-order valence-electron chi connectivity index (χ3n) is 8.81. The Bertz CT molecular complexity index is 1160. The minimum absolute atomic E-state index is 0.199. The van der Waals surface area contributed by atoms with Crippen LogP contribution in [0.25, 0.3) is 0 Å². The topological polar surface area (TPSA) is 20.2 Å². The Labute approximate surface area is 214 Å². The van der Waals surface area contributed by atoms with Gasteiger partial charge in [0.25, 0.3) is 0 Å². The molecular formula is C34H46O. The van der Waals surface area contributed by atoms with E-state index in [4.69, 9.17) is 0 Å². The molecule has 0 amide bonds. The summed E-state index contributed by atoms with van der Waals surface area (Å²) in [5.74, 6) is 0.417. The second-order valence-corrected chi connectivity index (χ2v) is 10.4. The Hall–Kier alpha value is -2.54. The molecule has 0 fully saturated rings. The zero-order chi connectivity index (χ0) is 25.8. The lowest BCUT2D eigenvalue weighted by molar-refractivity contribution is 0.426. The van der Waals surface area contributed by atoms with E-state index in [-0.39, 0.29) is 10.8 Å². The highest BCUT2D eigenvalue weighted by atomic mass is 16.3. The van der Waals surface area contributed by atoms with E-state index >= 15 is 0 Å². The summed E-state index contributed by atoms with van der Waals surface area (Å²) in [6, 6.07) is 19.8. The van der Waals surface area contributed by atoms with Crippen molar-refractivity contribution in [1.29, 1.82) is 0 Å². The lowest BCUT2D eigenvalue weighted by Gasteiger charge is -2.41. The van der Waals surface area contributed by atoms with Gasteiger partial charge in [0, 0.05) is 16.4 Å². The minimum atomic E-state index is -0.289. The third kappa shape index (κ3) is 4.55. The van der Waals surface area contributed by atoms with Crippen molar-refractivity contribution in [3.8, 4) is 5.75 Å². The van der Waals surface area contributed by atoms with Gasteiger partial charge in [-0.1, -0.05) is 104 Å². The van der Waals surface area contributed by atoms with Crippen LogP contribution in [0.2, 0.25) is 0 Å². The Morgan fingerprint density at radius 2 is 0.971 bits per heavy atom. The third-order valence-corrected chi connectivity index (χ3v) is 8.81. The summed E-state index contributed by atoms with van der Waals surface area (Å²) < 4.78 is 0. The van der Waals surface area contributed by atoms with Crippen LogP contribution in [0.4, 0.5) is 0 Å². The van der Waals surface area contributed by atoms with Crippen LogP contribution in [0.5, 0.6) is 5.75 Å². The average Bonchev–Trinajstić information content (AvgIpc) is 2.90. The molecule has 1 N–H and O–H groups in total. The second-order valence-electron chi connectivity index (χ2n) is 10.4. The molecule has 0 spiro atoms. The van der Waals surface area contributed by atoms with Gasteiger partial charge in [0.05, 0.1) is 0 Å². The SMILES string of the molecule is CCc1cccc(C(C)(CC)c2cccc(O)c2C(C)(CC)c2cccc(CC)c2CC)c1CC. The lowest BCUT2D eigenvalue weighted by Crippen LogP contribution is -2.33. The molecule has 0 saturated carbocycles. The molecule has 2 atom stereocenters. The number of phenols is 1. The number of aryl methyl sites for hydroxylation is 2. The summed E-state index contributed by atoms with van der Waals surface area (Å²) in [4.78, 5) is 0. The molecule has 0 bridgehead atoms. The van der Waals surface area contributed by atoms with Gasteiger partial charge in [0.15, 0.2) is 0 Å². The van der Waals surface area contributed by atoms with Crippen molar-refractivity contribution in [3.63, 3.8) is 0 Å². The number of hydrogen-bond donors (Lipinski definition) is 1. The van der Waals surface area contributed by atoms with E-state index in [0.29, 0.717) is 5.75 Å². The first-order valence-corrected chi connectivity index (χ1v) is 13.8. The fourth-order valence-electron chi connectivity index (χ4n) is 6.41. The number of hydrogen-bond acceptors (Lipinski definition) is 1. The molecule has 3 aromatic carbocycles. The smallest absolute Gasteiger partial charge is 0.119 e. The van der Waals surface area contributed by atoms with Crippen LogP contribution in [-0.2, 0) is 36.5 Å². The van der Waals surface area contributed by atoms with E-state index in [1.54, 1.807) is 0 Å². The Balaban J connectivity index is 2.40. The molecule has 1 nitrogen and oxygen atoms in total. The predicted octanol–water partition coefficient (Wildman–Crippen LogP) is 9.07. The summed E-state index contributed by atoms with van der Waals surface area (Å²) in [6.45, 7) is 18.3. The van der Waals surface area contributed by atoms with Gasteiger partial charge in [-0.15, -0.1) is 0 Å². The molecule has 0 radical (unpaired) electrons. The highest BCUT2D eigenvalue weighted by molar-refractivity contribution is 5.58. The van der Waals surface area contributed by atoms with E-state index in [2.05, 4.69) is 97.9 Å². The molecule has 188 valence electrons. The fourth-order valence-corrected chi connectivity index (χ4v) is 6.41. The van der Waals surface area contributed by atoms with E-state index < -0.39 is 0 Å². The van der Waals surface area contributed by atoms with Gasteiger partial charge in [0.1, 0.15) is 5.75 Å². The summed E-state index contributed by atoms with van der Waals surface area (Å²) in [7, 11) is 0. The maximum atomic E-state index is 11.5. The highest BCUT2D eigenvalue weighted by Gasteiger charge is 2.40. The molecule has 2 unspecified atom stereocenters. The van der Waals surface area contributed by atoms with Crippen molar-refractivity contribution in [2.75, 3.05) is 0 Å². The monoisotopic (exact) mass is 470 g/mol. The van der Waals surface area contributed by atoms with Crippen molar-refractivity contribution in [2.45, 2.75) is 105 Å². The highest BCUT2D eigenvalue weighted by Crippen LogP contribution is 2.49. The molecule has 3 rings (SSSR count). The van der Waals surface area contributed by atoms with Crippen molar-refractivity contribution >= 4 is 0 Å². The second kappa shape index (κ2) is 11.0. The largest absolute Gasteiger partial charge is 0.508 e. The van der Waals surface area contributed by atoms with Gasteiger partial charge in [-0.2, -0.15) is 0 Å². The normalized spacial score (nSPS) is 15.0. The number of benzene rings is 3. The zero-order valence-corrected chi connectivity index (χ0v) is 23.4. The molecule has 1 heteroatoms. The van der Waals surface area contributed by atoms with Crippen LogP contribution in [0.1, 0.15) is 113 Å². The van der Waals surface area contributed by atoms with E-state index in [1.165, 1.54) is 38.9 Å². The Kier molecular flexibility index (Phi) is 8.52. The first kappa shape index (κ1) is 27.1. The minimum Gasteiger partial charge on any atom is -0.508 e. The Morgan fingerprint density at radius 1 is 0.543 bits per heavy atom. The van der Waals surface area contributed by atoms with E-state index in [9.17, 15) is 5.11 Å². The van der Waals surface area contributed by atoms with Gasteiger partial charge in [-0.25, -0.2) is 0 Å². The molecular weight excluding hydrogens is 424 g/mol. The molecule has 0 aliphatic heterocycles. The summed E-state index contributed by atoms with van der Waals surface area (Å²) in [5.41, 5.74) is 10.4. The maximum Gasteiger partial charge on any atom is 0.119 e. The van der Waals surface area contributed by atoms with Crippen LogP contribution < -0.4 is 0 Å². The molecule has 0 heterocycles. The molecule has 0 saturated heterocycles. The summed E-state index contributed by atoms with van der Waals surface area (Å²) >= 11 is 0. The van der Waals surface area contributed by atoms with Gasteiger partial charge in [-0.3, -0.25) is 0 Å². The molecule has 0 aliphatic rings. The van der Waals surface area contributed by atoms with Crippen molar-refractivity contribution in [1.82, 2.24) is 0 Å². The molecule has 0 aliphatic carbocycles. The van der Waals surface area contributed by atoms with Gasteiger partial charge in [0.2, 0.25) is 0 Å². The number of phenolic OH excluding ortho intramolecular Hbond substituents is 1. The fraction of sp³-hybridized carbons (Fsp3) is 0.471. The van der Waals surface area contributed by atoms with E-state index in [1.807, 2.05) is 12.1 Å². The van der Waals surface area contributed by atoms with E-state index in [0.717, 1.165) is 44.1 Å². The lowest BCUT2D eigenvalue weighted by atomic mass is 9.63. The standard InChI is InChI=1S/C34H46O/c1-9-24-18-15-20-28(26(24)11-3)33(7,13-5)30-22-17-23-31(35)32(30)34(8,14-6)29-21-16-19-25(10-2)27(29)12-4/h15-23,35H,9-14H2,1-8H3. The number of aromatic hydroxyl groups is 1. The molecule has 3 aromatic rings. The molecule has 0 aromatic heterocycles. The maximum absolute atomic E-state index is 11.5. The van der Waals surface area contributed by atoms with Crippen LogP contribution in [0.3, 0.4) is 0 Å². The number of rotatable bonds is 10. The van der Waals surface area contributed by atoms with Crippen molar-refractivity contribution < 1.29 is 5.11 Å². The average molecular weight is 471 g/mol. The first-order chi connectivity index (χ1) is 16.8. The van der Waals surface area contributed by atoms with Crippen molar-refractivity contribution in [2.24, 2.45) is 0 Å². The first-order valence-electron chi connectivity index (χ1n) is 13.8. The quantitative estimate of drug-likeness (QED) is 0.313. The molecule has 35 heavy (non-hydrogen) atoms. The van der Waals surface area contributed by atoms with Crippen LogP contribution in [-0.4, -0.2) is 5.11 Å². The van der Waals surface area contributed by atoms with Gasteiger partial charge < -0.3 is 5.11 Å². The Morgan fingerprint density at radius 3 is 1.40 bits per heavy atom. The summed E-state index contributed by atoms with van der Waals surface area (Å²) in [6.07, 6.45) is 5.99. The van der Waals surface area contributed by atoms with Gasteiger partial charge >= 0.3 is 0 Å². The van der Waals surface area contributed by atoms with Crippen LogP contribution in [0.15, 0.2) is 54.6 Å². The van der Waals surface area contributed by atoms with Crippen LogP contribution >= 0.6 is 0 Å². The van der Waals surface area contributed by atoms with Crippen molar-refractivity contribution in [3.05, 3.63) is 99.1 Å². The zero-order valence-electron chi connectivity index (χ0n) is 23.4. The van der Waals surface area contributed by atoms with Crippen LogP contribution in [0, 0.1) is 0 Å².